The zero-order valence-corrected chi connectivity index (χ0v) is 13.9. The van der Waals surface area contributed by atoms with E-state index in [1.165, 1.54) is 0 Å². The first-order valence-electron chi connectivity index (χ1n) is 7.56. The SMILES string of the molecule is COC[C@@H]1[C@H](NC(=O)c2cc(S(N)(=O)=O)ccc2F)[C@@H]2CCO[C@H]12. The molecule has 3 N–H and O–H groups in total. The topological polar surface area (TPSA) is 108 Å². The Morgan fingerprint density at radius 3 is 2.92 bits per heavy atom. The van der Waals surface area contributed by atoms with Crippen LogP contribution in [0.2, 0.25) is 0 Å². The number of carbonyl (C=O) groups is 1. The summed E-state index contributed by atoms with van der Waals surface area (Å²) in [5.41, 5.74) is -0.347. The molecule has 2 aliphatic rings. The summed E-state index contributed by atoms with van der Waals surface area (Å²) in [6, 6.07) is 2.71. The normalized spacial score (nSPS) is 29.0. The van der Waals surface area contributed by atoms with Gasteiger partial charge in [0.15, 0.2) is 0 Å². The lowest BCUT2D eigenvalue weighted by atomic mass is 9.67. The molecule has 0 aromatic heterocycles. The molecule has 1 aromatic carbocycles. The summed E-state index contributed by atoms with van der Waals surface area (Å²) in [4.78, 5) is 12.1. The van der Waals surface area contributed by atoms with E-state index >= 15 is 0 Å². The van der Waals surface area contributed by atoms with Gasteiger partial charge >= 0.3 is 0 Å². The molecule has 0 bridgehead atoms. The zero-order chi connectivity index (χ0) is 17.5. The molecule has 4 atom stereocenters. The van der Waals surface area contributed by atoms with Gasteiger partial charge in [-0.2, -0.15) is 0 Å². The molecule has 132 valence electrons. The van der Waals surface area contributed by atoms with Gasteiger partial charge in [-0.3, -0.25) is 4.79 Å². The minimum atomic E-state index is -4.02. The summed E-state index contributed by atoms with van der Waals surface area (Å²) in [5.74, 6) is -1.31. The van der Waals surface area contributed by atoms with E-state index in [0.29, 0.717) is 13.2 Å². The first-order chi connectivity index (χ1) is 11.3. The smallest absolute Gasteiger partial charge is 0.254 e. The second-order valence-corrected chi connectivity index (χ2v) is 7.65. The Morgan fingerprint density at radius 2 is 2.25 bits per heavy atom. The number of halogens is 1. The summed E-state index contributed by atoms with van der Waals surface area (Å²) in [6.07, 6.45) is 0.853. The highest BCUT2D eigenvalue weighted by molar-refractivity contribution is 7.89. The van der Waals surface area contributed by atoms with Crippen LogP contribution >= 0.6 is 0 Å². The third-order valence-corrected chi connectivity index (χ3v) is 5.61. The lowest BCUT2D eigenvalue weighted by Crippen LogP contribution is -2.62. The molecule has 0 unspecified atom stereocenters. The van der Waals surface area contributed by atoms with Gasteiger partial charge in [0.2, 0.25) is 10.0 Å². The van der Waals surface area contributed by atoms with Crippen LogP contribution in [0.5, 0.6) is 0 Å². The average molecular weight is 358 g/mol. The number of carbonyl (C=O) groups excluding carboxylic acids is 1. The molecule has 1 amide bonds. The molecule has 1 saturated heterocycles. The van der Waals surface area contributed by atoms with Crippen LogP contribution in [0.3, 0.4) is 0 Å². The van der Waals surface area contributed by atoms with Crippen LogP contribution in [-0.2, 0) is 19.5 Å². The fourth-order valence-corrected chi connectivity index (χ4v) is 4.06. The molecule has 0 spiro atoms. The average Bonchev–Trinajstić information content (AvgIpc) is 2.94. The van der Waals surface area contributed by atoms with Gasteiger partial charge in [-0.1, -0.05) is 0 Å². The predicted octanol–water partition coefficient (Wildman–Crippen LogP) is 0.253. The fourth-order valence-electron chi connectivity index (χ4n) is 3.52. The molecule has 1 heterocycles. The Balaban J connectivity index is 1.80. The molecule has 7 nitrogen and oxygen atoms in total. The number of hydrogen-bond acceptors (Lipinski definition) is 5. The summed E-state index contributed by atoms with van der Waals surface area (Å²) < 4.78 is 47.5. The summed E-state index contributed by atoms with van der Waals surface area (Å²) in [6.45, 7) is 1.04. The Labute approximate surface area is 139 Å². The predicted molar refractivity (Wildman–Crippen MR) is 82.2 cm³/mol. The van der Waals surface area contributed by atoms with Crippen molar-refractivity contribution < 1.29 is 27.1 Å². The number of nitrogens with one attached hydrogen (secondary N) is 1. The maximum atomic E-state index is 13.9. The molecule has 1 saturated carbocycles. The number of primary sulfonamides is 1. The van der Waals surface area contributed by atoms with E-state index < -0.39 is 21.7 Å². The molecule has 1 aliphatic carbocycles. The second-order valence-electron chi connectivity index (χ2n) is 6.09. The van der Waals surface area contributed by atoms with E-state index in [1.54, 1.807) is 7.11 Å². The maximum Gasteiger partial charge on any atom is 0.254 e. The van der Waals surface area contributed by atoms with Crippen LogP contribution in [0.25, 0.3) is 0 Å². The van der Waals surface area contributed by atoms with E-state index in [4.69, 9.17) is 14.6 Å². The first kappa shape index (κ1) is 17.3. The van der Waals surface area contributed by atoms with Crippen LogP contribution in [0.15, 0.2) is 23.1 Å². The highest BCUT2D eigenvalue weighted by atomic mass is 32.2. The Hall–Kier alpha value is -1.55. The van der Waals surface area contributed by atoms with Gasteiger partial charge < -0.3 is 14.8 Å². The lowest BCUT2D eigenvalue weighted by Gasteiger charge is -2.47. The Kier molecular flexibility index (Phi) is 4.60. The number of hydrogen-bond donors (Lipinski definition) is 2. The first-order valence-corrected chi connectivity index (χ1v) is 9.11. The van der Waals surface area contributed by atoms with Crippen molar-refractivity contribution in [2.45, 2.75) is 23.5 Å². The van der Waals surface area contributed by atoms with Gasteiger partial charge in [-0.25, -0.2) is 17.9 Å². The molecule has 24 heavy (non-hydrogen) atoms. The van der Waals surface area contributed by atoms with Crippen molar-refractivity contribution in [3.8, 4) is 0 Å². The minimum Gasteiger partial charge on any atom is -0.384 e. The standard InChI is InChI=1S/C15H19FN2O5S/c1-22-7-11-13(9-4-5-23-14(9)11)18-15(19)10-6-8(24(17,20)21)2-3-12(10)16/h2-3,6,9,11,13-14H,4-5,7H2,1H3,(H,18,19)(H2,17,20,21)/t9-,11+,13+,14-/m0/s1. The number of nitrogens with two attached hydrogens (primary N) is 1. The monoisotopic (exact) mass is 358 g/mol. The molecule has 0 radical (unpaired) electrons. The van der Waals surface area contributed by atoms with Crippen molar-refractivity contribution in [1.82, 2.24) is 5.32 Å². The number of rotatable bonds is 5. The highest BCUT2D eigenvalue weighted by Gasteiger charge is 2.54. The van der Waals surface area contributed by atoms with Crippen LogP contribution in [-0.4, -0.2) is 46.8 Å². The van der Waals surface area contributed by atoms with E-state index in [1.807, 2.05) is 0 Å². The third kappa shape index (κ3) is 3.04. The number of sulfonamides is 1. The lowest BCUT2D eigenvalue weighted by molar-refractivity contribution is -0.0809. The van der Waals surface area contributed by atoms with Crippen molar-refractivity contribution in [1.29, 1.82) is 0 Å². The van der Waals surface area contributed by atoms with Gasteiger partial charge in [0.25, 0.3) is 5.91 Å². The van der Waals surface area contributed by atoms with Gasteiger partial charge in [-0.05, 0) is 24.6 Å². The molecule has 2 fully saturated rings. The van der Waals surface area contributed by atoms with E-state index in [-0.39, 0.29) is 34.4 Å². The van der Waals surface area contributed by atoms with E-state index in [9.17, 15) is 17.6 Å². The van der Waals surface area contributed by atoms with Crippen molar-refractivity contribution in [2.24, 2.45) is 17.0 Å². The summed E-state index contributed by atoms with van der Waals surface area (Å²) in [5, 5.41) is 7.82. The van der Waals surface area contributed by atoms with Crippen LogP contribution in [0.1, 0.15) is 16.8 Å². The van der Waals surface area contributed by atoms with Gasteiger partial charge in [-0.15, -0.1) is 0 Å². The largest absolute Gasteiger partial charge is 0.384 e. The number of benzene rings is 1. The number of amides is 1. The van der Waals surface area contributed by atoms with Crippen LogP contribution in [0, 0.1) is 17.7 Å². The van der Waals surface area contributed by atoms with Gasteiger partial charge in [0, 0.05) is 31.6 Å². The van der Waals surface area contributed by atoms with Gasteiger partial charge in [0.05, 0.1) is 23.2 Å². The molecule has 9 heteroatoms. The number of methoxy groups -OCH3 is 1. The molecular formula is C15H19FN2O5S. The van der Waals surface area contributed by atoms with Crippen LogP contribution in [0.4, 0.5) is 4.39 Å². The summed E-state index contributed by atoms with van der Waals surface area (Å²) in [7, 11) is -2.45. The zero-order valence-electron chi connectivity index (χ0n) is 13.1. The van der Waals surface area contributed by atoms with Crippen molar-refractivity contribution in [3.63, 3.8) is 0 Å². The fraction of sp³-hybridized carbons (Fsp3) is 0.533. The van der Waals surface area contributed by atoms with E-state index in [2.05, 4.69) is 5.32 Å². The maximum absolute atomic E-state index is 13.9. The minimum absolute atomic E-state index is 0.00376. The molecular weight excluding hydrogens is 339 g/mol. The van der Waals surface area contributed by atoms with Crippen LogP contribution < -0.4 is 10.5 Å². The van der Waals surface area contributed by atoms with Crippen molar-refractivity contribution in [2.75, 3.05) is 20.3 Å². The van der Waals surface area contributed by atoms with Crippen molar-refractivity contribution >= 4 is 15.9 Å². The third-order valence-electron chi connectivity index (χ3n) is 4.70. The van der Waals surface area contributed by atoms with Crippen molar-refractivity contribution in [3.05, 3.63) is 29.6 Å². The van der Waals surface area contributed by atoms with E-state index in [0.717, 1.165) is 24.6 Å². The second kappa shape index (κ2) is 6.40. The molecule has 1 aliphatic heterocycles. The number of ether oxygens (including phenoxy) is 2. The Bertz CT molecular complexity index is 754. The number of fused-ring (bicyclic) bond motifs is 1. The molecule has 3 rings (SSSR count). The Morgan fingerprint density at radius 1 is 1.50 bits per heavy atom. The quantitative estimate of drug-likeness (QED) is 0.785. The summed E-state index contributed by atoms with van der Waals surface area (Å²) >= 11 is 0. The molecule has 1 aromatic rings. The highest BCUT2D eigenvalue weighted by Crippen LogP contribution is 2.43. The van der Waals surface area contributed by atoms with Gasteiger partial charge in [0.1, 0.15) is 5.82 Å².